The third-order valence-electron chi connectivity index (χ3n) is 3.60. The lowest BCUT2D eigenvalue weighted by molar-refractivity contribution is 0.689. The van der Waals surface area contributed by atoms with Gasteiger partial charge in [0, 0.05) is 26.2 Å². The maximum Gasteiger partial charge on any atom is 0.110 e. The number of aliphatic imine (C=N–C) groups is 1. The van der Waals surface area contributed by atoms with Gasteiger partial charge in [0.15, 0.2) is 0 Å². The minimum atomic E-state index is -1.08. The molecule has 0 amide bonds. The van der Waals surface area contributed by atoms with Gasteiger partial charge in [-0.3, -0.25) is 4.21 Å². The second-order valence-electron chi connectivity index (χ2n) is 5.32. The molecule has 0 saturated heterocycles. The Bertz CT molecular complexity index is 722. The van der Waals surface area contributed by atoms with Crippen molar-refractivity contribution < 1.29 is 4.21 Å². The van der Waals surface area contributed by atoms with Crippen LogP contribution in [0.4, 0.5) is 11.4 Å². The summed E-state index contributed by atoms with van der Waals surface area (Å²) in [7, 11) is 2.93. The smallest absolute Gasteiger partial charge is 0.110 e. The first-order valence-electron chi connectivity index (χ1n) is 6.94. The summed E-state index contributed by atoms with van der Waals surface area (Å²) in [6.07, 6.45) is 0.701. The van der Waals surface area contributed by atoms with Crippen LogP contribution in [0.5, 0.6) is 0 Å². The van der Waals surface area contributed by atoms with Crippen LogP contribution in [0.25, 0.3) is 0 Å². The summed E-state index contributed by atoms with van der Waals surface area (Å²) in [5, 5.41) is 0.782. The van der Waals surface area contributed by atoms with Crippen molar-refractivity contribution in [2.24, 2.45) is 4.99 Å². The second kappa shape index (κ2) is 5.82. The van der Waals surface area contributed by atoms with Crippen molar-refractivity contribution in [1.82, 2.24) is 0 Å². The minimum Gasteiger partial charge on any atom is -0.377 e. The van der Waals surface area contributed by atoms with Crippen LogP contribution >= 0.6 is 0 Å². The molecule has 1 aliphatic rings. The van der Waals surface area contributed by atoms with E-state index in [1.54, 1.807) is 0 Å². The summed E-state index contributed by atoms with van der Waals surface area (Å²) >= 11 is 0. The Kier molecular flexibility index (Phi) is 3.88. The lowest BCUT2D eigenvalue weighted by Gasteiger charge is -2.17. The monoisotopic (exact) mass is 298 g/mol. The van der Waals surface area contributed by atoms with Gasteiger partial charge in [-0.15, -0.1) is 0 Å². The summed E-state index contributed by atoms with van der Waals surface area (Å²) in [5.74, 6) is 0.515. The van der Waals surface area contributed by atoms with E-state index >= 15 is 0 Å². The van der Waals surface area contributed by atoms with Gasteiger partial charge in [0.05, 0.1) is 22.2 Å². The van der Waals surface area contributed by atoms with Crippen LogP contribution in [0.3, 0.4) is 0 Å². The lowest BCUT2D eigenvalue weighted by Crippen LogP contribution is -2.14. The van der Waals surface area contributed by atoms with Crippen LogP contribution < -0.4 is 4.90 Å². The van der Waals surface area contributed by atoms with Crippen molar-refractivity contribution in [3.63, 3.8) is 0 Å². The van der Waals surface area contributed by atoms with Gasteiger partial charge >= 0.3 is 0 Å². The van der Waals surface area contributed by atoms with Crippen molar-refractivity contribution in [1.29, 1.82) is 0 Å². The molecule has 21 heavy (non-hydrogen) atoms. The van der Waals surface area contributed by atoms with Gasteiger partial charge in [-0.25, -0.2) is 4.99 Å². The molecule has 3 nitrogen and oxygen atoms in total. The average molecular weight is 298 g/mol. The van der Waals surface area contributed by atoms with Crippen LogP contribution in [0.15, 0.2) is 53.5 Å². The zero-order valence-corrected chi connectivity index (χ0v) is 13.1. The number of rotatable bonds is 3. The van der Waals surface area contributed by atoms with E-state index in [1.165, 1.54) is 5.56 Å². The van der Waals surface area contributed by atoms with Gasteiger partial charge < -0.3 is 4.90 Å². The first-order valence-corrected chi connectivity index (χ1v) is 8.26. The molecule has 4 heteroatoms. The molecule has 0 N–H and O–H groups in total. The Labute approximate surface area is 127 Å². The van der Waals surface area contributed by atoms with Gasteiger partial charge in [0.2, 0.25) is 0 Å². The number of anilines is 1. The molecule has 3 rings (SSSR count). The highest BCUT2D eigenvalue weighted by atomic mass is 32.2. The largest absolute Gasteiger partial charge is 0.377 e. The predicted molar refractivity (Wildman–Crippen MR) is 89.9 cm³/mol. The lowest BCUT2D eigenvalue weighted by atomic mass is 10.2. The third-order valence-corrected chi connectivity index (χ3v) is 4.94. The van der Waals surface area contributed by atoms with Crippen molar-refractivity contribution in [3.8, 4) is 0 Å². The van der Waals surface area contributed by atoms with E-state index in [2.05, 4.69) is 22.0 Å². The minimum absolute atomic E-state index is 0.515. The second-order valence-corrected chi connectivity index (χ2v) is 6.77. The van der Waals surface area contributed by atoms with E-state index < -0.39 is 10.8 Å². The maximum absolute atomic E-state index is 12.6. The zero-order chi connectivity index (χ0) is 14.8. The fourth-order valence-corrected chi connectivity index (χ4v) is 3.74. The standard InChI is InChI=1S/C17H18N2OS/c1-19(2)16-10-6-4-8-14(16)12-21(20)17-11-13-7-3-5-9-15(13)18-17/h3-10H,11-12H2,1-2H3. The fraction of sp³-hybridized carbons (Fsp3) is 0.235. The van der Waals surface area contributed by atoms with Crippen LogP contribution in [-0.4, -0.2) is 23.3 Å². The molecule has 1 atom stereocenters. The first kappa shape index (κ1) is 14.0. The number of nitrogens with zero attached hydrogens (tertiary/aromatic N) is 2. The van der Waals surface area contributed by atoms with E-state index in [1.807, 2.05) is 50.5 Å². The highest BCUT2D eigenvalue weighted by Crippen LogP contribution is 2.28. The Morgan fingerprint density at radius 1 is 1.10 bits per heavy atom. The molecule has 2 aromatic carbocycles. The van der Waals surface area contributed by atoms with Gasteiger partial charge in [0.25, 0.3) is 0 Å². The van der Waals surface area contributed by atoms with E-state index in [0.29, 0.717) is 12.2 Å². The Balaban J connectivity index is 1.80. The van der Waals surface area contributed by atoms with Crippen LogP contribution in [-0.2, 0) is 23.0 Å². The SMILES string of the molecule is CN(C)c1ccccc1CS(=O)C1=Nc2ccccc2C1. The summed E-state index contributed by atoms with van der Waals surface area (Å²) in [5.41, 5.74) is 4.34. The molecule has 0 aromatic heterocycles. The molecule has 0 spiro atoms. The predicted octanol–water partition coefficient (Wildman–Crippen LogP) is 3.29. The number of fused-ring (bicyclic) bond motifs is 1. The quantitative estimate of drug-likeness (QED) is 0.871. The molecule has 0 fully saturated rings. The average Bonchev–Trinajstić information content (AvgIpc) is 2.91. The zero-order valence-electron chi connectivity index (χ0n) is 12.2. The number of hydrogen-bond acceptors (Lipinski definition) is 3. The Morgan fingerprint density at radius 3 is 2.57 bits per heavy atom. The van der Waals surface area contributed by atoms with Crippen LogP contribution in [0.1, 0.15) is 11.1 Å². The molecular formula is C17H18N2OS. The van der Waals surface area contributed by atoms with Crippen LogP contribution in [0.2, 0.25) is 0 Å². The van der Waals surface area contributed by atoms with Gasteiger partial charge in [-0.05, 0) is 23.3 Å². The molecule has 1 unspecified atom stereocenters. The van der Waals surface area contributed by atoms with Crippen LogP contribution in [0, 0.1) is 0 Å². The van der Waals surface area contributed by atoms with E-state index in [9.17, 15) is 4.21 Å². The van der Waals surface area contributed by atoms with Gasteiger partial charge in [-0.2, -0.15) is 0 Å². The summed E-state index contributed by atoms with van der Waals surface area (Å²) in [6, 6.07) is 16.1. The van der Waals surface area contributed by atoms with Crippen molar-refractivity contribution in [3.05, 3.63) is 59.7 Å². The highest BCUT2D eigenvalue weighted by Gasteiger charge is 2.20. The number of para-hydroxylation sites is 2. The summed E-state index contributed by atoms with van der Waals surface area (Å²) in [4.78, 5) is 6.58. The molecule has 0 bridgehead atoms. The molecule has 2 aromatic rings. The van der Waals surface area contributed by atoms with Crippen molar-refractivity contribution >= 4 is 27.2 Å². The molecule has 0 radical (unpaired) electrons. The molecule has 0 aliphatic carbocycles. The molecule has 0 saturated carbocycles. The molecule has 1 aliphatic heterocycles. The fourth-order valence-electron chi connectivity index (χ4n) is 2.53. The van der Waals surface area contributed by atoms with E-state index in [4.69, 9.17) is 0 Å². The third kappa shape index (κ3) is 2.90. The van der Waals surface area contributed by atoms with E-state index in [0.717, 1.165) is 22.0 Å². The highest BCUT2D eigenvalue weighted by molar-refractivity contribution is 8.00. The van der Waals surface area contributed by atoms with Gasteiger partial charge in [-0.1, -0.05) is 36.4 Å². The normalized spacial score (nSPS) is 14.5. The number of benzene rings is 2. The van der Waals surface area contributed by atoms with Crippen molar-refractivity contribution in [2.75, 3.05) is 19.0 Å². The topological polar surface area (TPSA) is 32.7 Å². The first-order chi connectivity index (χ1) is 10.1. The Hall–Kier alpha value is -1.94. The maximum atomic E-state index is 12.6. The Morgan fingerprint density at radius 2 is 1.81 bits per heavy atom. The summed E-state index contributed by atoms with van der Waals surface area (Å²) in [6.45, 7) is 0. The summed E-state index contributed by atoms with van der Waals surface area (Å²) < 4.78 is 12.6. The number of hydrogen-bond donors (Lipinski definition) is 0. The molecular weight excluding hydrogens is 280 g/mol. The van der Waals surface area contributed by atoms with Gasteiger partial charge in [0.1, 0.15) is 5.04 Å². The molecule has 1 heterocycles. The van der Waals surface area contributed by atoms with Crippen molar-refractivity contribution in [2.45, 2.75) is 12.2 Å². The van der Waals surface area contributed by atoms with E-state index in [-0.39, 0.29) is 0 Å². The molecule has 108 valence electrons.